The van der Waals surface area contributed by atoms with Gasteiger partial charge in [0.05, 0.1) is 12.8 Å². The van der Waals surface area contributed by atoms with Crippen molar-refractivity contribution in [3.8, 4) is 16.3 Å². The molecule has 6 heteroatoms. The number of aryl methyl sites for hydroxylation is 1. The number of carbonyl (C=O) groups excluding carboxylic acids is 1. The maximum atomic E-state index is 12.7. The van der Waals surface area contributed by atoms with Gasteiger partial charge in [0, 0.05) is 49.2 Å². The van der Waals surface area contributed by atoms with Crippen LogP contribution in [0.5, 0.6) is 5.75 Å². The molecular weight excluding hydrogens is 382 g/mol. The van der Waals surface area contributed by atoms with E-state index in [0.717, 1.165) is 60.3 Å². The summed E-state index contributed by atoms with van der Waals surface area (Å²) >= 11 is 1.67. The number of amides is 1. The molecule has 0 saturated carbocycles. The number of rotatable bonds is 5. The van der Waals surface area contributed by atoms with Crippen molar-refractivity contribution in [2.24, 2.45) is 0 Å². The number of benzene rings is 2. The summed E-state index contributed by atoms with van der Waals surface area (Å²) in [4.78, 5) is 21.8. The third-order valence-corrected chi connectivity index (χ3v) is 6.17. The van der Waals surface area contributed by atoms with Gasteiger partial charge in [0.1, 0.15) is 10.8 Å². The molecule has 2 aromatic carbocycles. The van der Waals surface area contributed by atoms with E-state index in [2.05, 4.69) is 10.3 Å². The van der Waals surface area contributed by atoms with Crippen molar-refractivity contribution in [1.29, 1.82) is 0 Å². The molecule has 0 aliphatic carbocycles. The third kappa shape index (κ3) is 4.66. The smallest absolute Gasteiger partial charge is 0.253 e. The number of carbonyl (C=O) groups is 1. The topological polar surface area (TPSA) is 45.7 Å². The molecule has 0 unspecified atom stereocenters. The van der Waals surface area contributed by atoms with Gasteiger partial charge in [0.25, 0.3) is 5.91 Å². The van der Waals surface area contributed by atoms with E-state index in [1.54, 1.807) is 18.4 Å². The molecule has 3 aromatic rings. The maximum absolute atomic E-state index is 12.7. The zero-order valence-electron chi connectivity index (χ0n) is 16.8. The first-order valence-electron chi connectivity index (χ1n) is 9.79. The number of nitrogens with zero attached hydrogens (tertiary/aromatic N) is 3. The lowest BCUT2D eigenvalue weighted by Crippen LogP contribution is -2.48. The van der Waals surface area contributed by atoms with Crippen LogP contribution in [0, 0.1) is 6.92 Å². The number of hydrogen-bond donors (Lipinski definition) is 0. The van der Waals surface area contributed by atoms with Crippen LogP contribution in [-0.4, -0.2) is 54.0 Å². The van der Waals surface area contributed by atoms with Crippen molar-refractivity contribution in [1.82, 2.24) is 14.8 Å². The van der Waals surface area contributed by atoms with Gasteiger partial charge in [-0.3, -0.25) is 9.69 Å². The van der Waals surface area contributed by atoms with Crippen molar-refractivity contribution in [3.63, 3.8) is 0 Å². The van der Waals surface area contributed by atoms with E-state index < -0.39 is 0 Å². The van der Waals surface area contributed by atoms with Crippen LogP contribution in [0.25, 0.3) is 10.6 Å². The fraction of sp³-hybridized carbons (Fsp3) is 0.304. The van der Waals surface area contributed by atoms with E-state index in [9.17, 15) is 4.79 Å². The maximum Gasteiger partial charge on any atom is 0.253 e. The quantitative estimate of drug-likeness (QED) is 0.639. The van der Waals surface area contributed by atoms with Gasteiger partial charge in [0.15, 0.2) is 0 Å². The Kier molecular flexibility index (Phi) is 5.92. The fourth-order valence-corrected chi connectivity index (χ4v) is 4.28. The van der Waals surface area contributed by atoms with Crippen LogP contribution in [0.1, 0.15) is 21.6 Å². The Bertz CT molecular complexity index is 959. The highest BCUT2D eigenvalue weighted by molar-refractivity contribution is 7.13. The monoisotopic (exact) mass is 407 g/mol. The van der Waals surface area contributed by atoms with Crippen molar-refractivity contribution in [2.75, 3.05) is 33.3 Å². The molecule has 0 atom stereocenters. The summed E-state index contributed by atoms with van der Waals surface area (Å²) < 4.78 is 5.22. The summed E-state index contributed by atoms with van der Waals surface area (Å²) in [5.74, 6) is 0.976. The molecule has 150 valence electrons. The fourth-order valence-electron chi connectivity index (χ4n) is 3.46. The lowest BCUT2D eigenvalue weighted by molar-refractivity contribution is 0.0627. The van der Waals surface area contributed by atoms with Crippen LogP contribution in [0.4, 0.5) is 0 Å². The first kappa shape index (κ1) is 19.6. The first-order valence-corrected chi connectivity index (χ1v) is 10.7. The van der Waals surface area contributed by atoms with E-state index in [-0.39, 0.29) is 5.91 Å². The number of piperazine rings is 1. The predicted molar refractivity (Wildman–Crippen MR) is 116 cm³/mol. The normalized spacial score (nSPS) is 14.8. The van der Waals surface area contributed by atoms with Crippen LogP contribution < -0.4 is 4.74 Å². The summed E-state index contributed by atoms with van der Waals surface area (Å²) in [6.07, 6.45) is 0. The minimum absolute atomic E-state index is 0.125. The number of hydrogen-bond acceptors (Lipinski definition) is 5. The molecule has 0 N–H and O–H groups in total. The van der Waals surface area contributed by atoms with Gasteiger partial charge < -0.3 is 9.64 Å². The molecule has 0 radical (unpaired) electrons. The minimum Gasteiger partial charge on any atom is -0.497 e. The van der Waals surface area contributed by atoms with Crippen molar-refractivity contribution >= 4 is 17.2 Å². The van der Waals surface area contributed by atoms with Gasteiger partial charge >= 0.3 is 0 Å². The Morgan fingerprint density at radius 2 is 1.72 bits per heavy atom. The largest absolute Gasteiger partial charge is 0.497 e. The Morgan fingerprint density at radius 1 is 1.03 bits per heavy atom. The number of aromatic nitrogens is 1. The molecular formula is C23H25N3O2S. The third-order valence-electron chi connectivity index (χ3n) is 5.23. The first-order chi connectivity index (χ1) is 14.1. The number of thiazole rings is 1. The highest BCUT2D eigenvalue weighted by Gasteiger charge is 2.22. The Hall–Kier alpha value is -2.70. The van der Waals surface area contributed by atoms with Crippen LogP contribution in [0.15, 0.2) is 53.9 Å². The van der Waals surface area contributed by atoms with Gasteiger partial charge in [-0.25, -0.2) is 4.98 Å². The second-order valence-corrected chi connectivity index (χ2v) is 8.16. The minimum atomic E-state index is 0.125. The van der Waals surface area contributed by atoms with Gasteiger partial charge in [0.2, 0.25) is 0 Å². The molecule has 4 rings (SSSR count). The van der Waals surface area contributed by atoms with E-state index in [4.69, 9.17) is 9.72 Å². The van der Waals surface area contributed by atoms with Gasteiger partial charge in [-0.05, 0) is 43.3 Å². The second kappa shape index (κ2) is 8.76. The lowest BCUT2D eigenvalue weighted by Gasteiger charge is -2.34. The molecule has 1 aliphatic heterocycles. The Labute approximate surface area is 175 Å². The van der Waals surface area contributed by atoms with E-state index in [0.29, 0.717) is 0 Å². The molecule has 1 fully saturated rings. The van der Waals surface area contributed by atoms with Crippen molar-refractivity contribution < 1.29 is 9.53 Å². The highest BCUT2D eigenvalue weighted by atomic mass is 32.1. The van der Waals surface area contributed by atoms with E-state index >= 15 is 0 Å². The van der Waals surface area contributed by atoms with E-state index in [1.165, 1.54) is 5.56 Å². The van der Waals surface area contributed by atoms with Crippen molar-refractivity contribution in [3.05, 3.63) is 70.7 Å². The molecule has 29 heavy (non-hydrogen) atoms. The number of ether oxygens (including phenoxy) is 1. The molecule has 5 nitrogen and oxygen atoms in total. The van der Waals surface area contributed by atoms with Gasteiger partial charge in [-0.1, -0.05) is 17.7 Å². The molecule has 1 aliphatic rings. The summed E-state index contributed by atoms with van der Waals surface area (Å²) in [5, 5.41) is 3.15. The van der Waals surface area contributed by atoms with Crippen LogP contribution in [-0.2, 0) is 6.54 Å². The summed E-state index contributed by atoms with van der Waals surface area (Å²) in [6.45, 7) is 6.09. The SMILES string of the molecule is COc1ccc(-c2nc(CN3CCN(C(=O)c4ccc(C)cc4)CC3)cs2)cc1. The summed E-state index contributed by atoms with van der Waals surface area (Å²) in [6, 6.07) is 15.8. The average Bonchev–Trinajstić information content (AvgIpc) is 3.23. The average molecular weight is 408 g/mol. The molecule has 0 spiro atoms. The van der Waals surface area contributed by atoms with E-state index in [1.807, 2.05) is 60.4 Å². The van der Waals surface area contributed by atoms with Crippen LogP contribution in [0.2, 0.25) is 0 Å². The van der Waals surface area contributed by atoms with Crippen LogP contribution >= 0.6 is 11.3 Å². The standard InChI is InChI=1S/C23H25N3O2S/c1-17-3-5-19(6-4-17)23(27)26-13-11-25(12-14-26)15-20-16-29-22(24-20)18-7-9-21(28-2)10-8-18/h3-10,16H,11-15H2,1-2H3. The lowest BCUT2D eigenvalue weighted by atomic mass is 10.1. The second-order valence-electron chi connectivity index (χ2n) is 7.31. The summed E-state index contributed by atoms with van der Waals surface area (Å²) in [5.41, 5.74) is 4.13. The number of methoxy groups -OCH3 is 1. The van der Waals surface area contributed by atoms with Gasteiger partial charge in [-0.15, -0.1) is 11.3 Å². The molecule has 1 amide bonds. The zero-order chi connectivity index (χ0) is 20.2. The summed E-state index contributed by atoms with van der Waals surface area (Å²) in [7, 11) is 1.67. The van der Waals surface area contributed by atoms with Crippen LogP contribution in [0.3, 0.4) is 0 Å². The highest BCUT2D eigenvalue weighted by Crippen LogP contribution is 2.26. The van der Waals surface area contributed by atoms with Crippen molar-refractivity contribution in [2.45, 2.75) is 13.5 Å². The molecule has 2 heterocycles. The molecule has 1 aromatic heterocycles. The Morgan fingerprint density at radius 3 is 2.38 bits per heavy atom. The predicted octanol–water partition coefficient (Wildman–Crippen LogP) is 4.09. The Balaban J connectivity index is 1.32. The zero-order valence-corrected chi connectivity index (χ0v) is 17.6. The molecule has 0 bridgehead atoms. The van der Waals surface area contributed by atoms with Gasteiger partial charge in [-0.2, -0.15) is 0 Å². The molecule has 1 saturated heterocycles.